The lowest BCUT2D eigenvalue weighted by Crippen LogP contribution is -2.39. The molecule has 0 amide bonds. The second-order valence-corrected chi connectivity index (χ2v) is 8.03. The predicted octanol–water partition coefficient (Wildman–Crippen LogP) is 3.03. The summed E-state index contributed by atoms with van der Waals surface area (Å²) < 4.78 is 7.65. The molecule has 2 aromatic rings. The van der Waals surface area contributed by atoms with Gasteiger partial charge < -0.3 is 10.1 Å². The minimum atomic E-state index is -0.241. The molecule has 7 heteroatoms. The SMILES string of the molecule is COC1(CNc2nc3c(cnn3C(C)(C)C)c(=O)[nH]2)CCCCCC1. The summed E-state index contributed by atoms with van der Waals surface area (Å²) in [5.41, 5.74) is 0.00444. The van der Waals surface area contributed by atoms with Crippen LogP contribution in [0, 0.1) is 0 Å². The number of anilines is 1. The predicted molar refractivity (Wildman–Crippen MR) is 99.1 cm³/mol. The minimum Gasteiger partial charge on any atom is -0.376 e. The van der Waals surface area contributed by atoms with Crippen LogP contribution in [-0.4, -0.2) is 39.0 Å². The summed E-state index contributed by atoms with van der Waals surface area (Å²) in [6.07, 6.45) is 8.52. The molecule has 1 saturated carbocycles. The average molecular weight is 347 g/mol. The maximum atomic E-state index is 12.4. The summed E-state index contributed by atoms with van der Waals surface area (Å²) in [6.45, 7) is 6.77. The van der Waals surface area contributed by atoms with Crippen LogP contribution in [0.1, 0.15) is 59.3 Å². The molecule has 1 fully saturated rings. The standard InChI is InChI=1S/C18H29N5O2/c1-17(2,3)23-14-13(11-20-23)15(24)22-16(21-14)19-12-18(25-4)9-7-5-6-8-10-18/h11H,5-10,12H2,1-4H3,(H2,19,21,22,24). The Bertz CT molecular complexity index is 779. The zero-order chi connectivity index (χ0) is 18.1. The van der Waals surface area contributed by atoms with Gasteiger partial charge in [-0.05, 0) is 33.6 Å². The lowest BCUT2D eigenvalue weighted by molar-refractivity contribution is -0.0114. The minimum absolute atomic E-state index is 0.171. The summed E-state index contributed by atoms with van der Waals surface area (Å²) >= 11 is 0. The number of methoxy groups -OCH3 is 1. The van der Waals surface area contributed by atoms with Crippen molar-refractivity contribution in [3.05, 3.63) is 16.6 Å². The third-order valence-corrected chi connectivity index (χ3v) is 5.10. The van der Waals surface area contributed by atoms with Crippen molar-refractivity contribution in [3.63, 3.8) is 0 Å². The molecule has 0 spiro atoms. The Balaban J connectivity index is 1.87. The zero-order valence-electron chi connectivity index (χ0n) is 15.7. The molecule has 0 aliphatic heterocycles. The van der Waals surface area contributed by atoms with E-state index in [9.17, 15) is 4.79 Å². The van der Waals surface area contributed by atoms with Crippen molar-refractivity contribution < 1.29 is 4.74 Å². The van der Waals surface area contributed by atoms with Gasteiger partial charge in [0.05, 0.1) is 17.3 Å². The molecule has 2 N–H and O–H groups in total. The van der Waals surface area contributed by atoms with E-state index in [-0.39, 0.29) is 16.7 Å². The topological polar surface area (TPSA) is 84.8 Å². The average Bonchev–Trinajstić information content (AvgIpc) is 2.86. The fraction of sp³-hybridized carbons (Fsp3) is 0.722. The highest BCUT2D eigenvalue weighted by Gasteiger charge is 2.31. The molecule has 3 rings (SSSR count). The van der Waals surface area contributed by atoms with Gasteiger partial charge in [0, 0.05) is 13.7 Å². The number of hydrogen-bond donors (Lipinski definition) is 2. The van der Waals surface area contributed by atoms with E-state index in [0.717, 1.165) is 12.8 Å². The molecule has 1 aliphatic rings. The van der Waals surface area contributed by atoms with Crippen LogP contribution >= 0.6 is 0 Å². The van der Waals surface area contributed by atoms with Gasteiger partial charge in [-0.15, -0.1) is 0 Å². The lowest BCUT2D eigenvalue weighted by atomic mass is 9.94. The molecular weight excluding hydrogens is 318 g/mol. The monoisotopic (exact) mass is 347 g/mol. The number of fused-ring (bicyclic) bond motifs is 1. The molecule has 0 aromatic carbocycles. The van der Waals surface area contributed by atoms with Gasteiger partial charge in [0.25, 0.3) is 5.56 Å². The third-order valence-electron chi connectivity index (χ3n) is 5.10. The molecule has 138 valence electrons. The second-order valence-electron chi connectivity index (χ2n) is 8.03. The number of nitrogens with zero attached hydrogens (tertiary/aromatic N) is 3. The van der Waals surface area contributed by atoms with E-state index in [4.69, 9.17) is 4.74 Å². The first kappa shape index (κ1) is 17.9. The highest BCUT2D eigenvalue weighted by atomic mass is 16.5. The first-order valence-corrected chi connectivity index (χ1v) is 9.12. The Kier molecular flexibility index (Phi) is 4.86. The molecule has 1 aliphatic carbocycles. The third kappa shape index (κ3) is 3.71. The van der Waals surface area contributed by atoms with Gasteiger partial charge in [-0.25, -0.2) is 4.68 Å². The largest absolute Gasteiger partial charge is 0.376 e. The van der Waals surface area contributed by atoms with Crippen molar-refractivity contribution in [2.75, 3.05) is 19.0 Å². The maximum absolute atomic E-state index is 12.4. The lowest BCUT2D eigenvalue weighted by Gasteiger charge is -2.31. The molecule has 0 radical (unpaired) electrons. The zero-order valence-corrected chi connectivity index (χ0v) is 15.7. The van der Waals surface area contributed by atoms with Crippen molar-refractivity contribution in [3.8, 4) is 0 Å². The van der Waals surface area contributed by atoms with Crippen LogP contribution in [0.5, 0.6) is 0 Å². The van der Waals surface area contributed by atoms with E-state index in [0.29, 0.717) is 23.5 Å². The Labute approximate surface area is 148 Å². The number of H-pyrrole nitrogens is 1. The number of hydrogen-bond acceptors (Lipinski definition) is 5. The van der Waals surface area contributed by atoms with Gasteiger partial charge in [-0.1, -0.05) is 25.7 Å². The van der Waals surface area contributed by atoms with Crippen LogP contribution in [0.2, 0.25) is 0 Å². The first-order chi connectivity index (χ1) is 11.8. The van der Waals surface area contributed by atoms with E-state index in [1.807, 2.05) is 20.8 Å². The van der Waals surface area contributed by atoms with E-state index < -0.39 is 0 Å². The van der Waals surface area contributed by atoms with Crippen LogP contribution < -0.4 is 10.9 Å². The number of aromatic amines is 1. The van der Waals surface area contributed by atoms with Crippen LogP contribution in [0.15, 0.2) is 11.0 Å². The number of aromatic nitrogens is 4. The fourth-order valence-corrected chi connectivity index (χ4v) is 3.56. The molecule has 0 bridgehead atoms. The molecule has 0 saturated heterocycles. The van der Waals surface area contributed by atoms with E-state index >= 15 is 0 Å². The Morgan fingerprint density at radius 3 is 2.56 bits per heavy atom. The summed E-state index contributed by atoms with van der Waals surface area (Å²) in [6, 6.07) is 0. The van der Waals surface area contributed by atoms with E-state index in [1.165, 1.54) is 25.7 Å². The highest BCUT2D eigenvalue weighted by molar-refractivity contribution is 5.74. The van der Waals surface area contributed by atoms with Crippen LogP contribution in [0.25, 0.3) is 11.0 Å². The van der Waals surface area contributed by atoms with Crippen molar-refractivity contribution in [2.45, 2.75) is 70.4 Å². The van der Waals surface area contributed by atoms with Crippen molar-refractivity contribution in [1.29, 1.82) is 0 Å². The summed E-state index contributed by atoms with van der Waals surface area (Å²) in [5.74, 6) is 0.476. The number of ether oxygens (including phenoxy) is 1. The van der Waals surface area contributed by atoms with Crippen LogP contribution in [-0.2, 0) is 10.3 Å². The first-order valence-electron chi connectivity index (χ1n) is 9.12. The van der Waals surface area contributed by atoms with Crippen LogP contribution in [0.4, 0.5) is 5.95 Å². The van der Waals surface area contributed by atoms with Gasteiger partial charge in [0.15, 0.2) is 5.65 Å². The van der Waals surface area contributed by atoms with Crippen molar-refractivity contribution in [2.24, 2.45) is 0 Å². The van der Waals surface area contributed by atoms with Gasteiger partial charge in [0.1, 0.15) is 5.39 Å². The molecule has 0 unspecified atom stereocenters. The number of rotatable bonds is 4. The summed E-state index contributed by atoms with van der Waals surface area (Å²) in [4.78, 5) is 19.8. The maximum Gasteiger partial charge on any atom is 0.263 e. The molecule has 2 aromatic heterocycles. The van der Waals surface area contributed by atoms with Crippen molar-refractivity contribution >= 4 is 17.0 Å². The molecule has 0 atom stereocenters. The van der Waals surface area contributed by atoms with E-state index in [2.05, 4.69) is 20.4 Å². The second kappa shape index (κ2) is 6.78. The normalized spacial score (nSPS) is 18.2. The van der Waals surface area contributed by atoms with E-state index in [1.54, 1.807) is 18.0 Å². The molecule has 25 heavy (non-hydrogen) atoms. The quantitative estimate of drug-likeness (QED) is 0.831. The highest BCUT2D eigenvalue weighted by Crippen LogP contribution is 2.30. The van der Waals surface area contributed by atoms with Gasteiger partial charge in [-0.2, -0.15) is 10.1 Å². The Morgan fingerprint density at radius 1 is 1.28 bits per heavy atom. The molecule has 2 heterocycles. The van der Waals surface area contributed by atoms with Gasteiger partial charge in [0.2, 0.25) is 5.95 Å². The smallest absolute Gasteiger partial charge is 0.263 e. The Hall–Kier alpha value is -1.89. The Morgan fingerprint density at radius 2 is 1.96 bits per heavy atom. The fourth-order valence-electron chi connectivity index (χ4n) is 3.56. The van der Waals surface area contributed by atoms with Crippen LogP contribution in [0.3, 0.4) is 0 Å². The molecular formula is C18H29N5O2. The summed E-state index contributed by atoms with van der Waals surface area (Å²) in [5, 5.41) is 8.16. The van der Waals surface area contributed by atoms with Gasteiger partial charge in [-0.3, -0.25) is 9.78 Å². The molecule has 7 nitrogen and oxygen atoms in total. The number of nitrogens with one attached hydrogen (secondary N) is 2. The van der Waals surface area contributed by atoms with Crippen molar-refractivity contribution in [1.82, 2.24) is 19.7 Å². The van der Waals surface area contributed by atoms with Gasteiger partial charge >= 0.3 is 0 Å². The summed E-state index contributed by atoms with van der Waals surface area (Å²) in [7, 11) is 1.78.